The van der Waals surface area contributed by atoms with E-state index in [1.54, 1.807) is 23.8 Å². The van der Waals surface area contributed by atoms with Gasteiger partial charge in [0, 0.05) is 10.5 Å². The molecule has 7 heteroatoms. The van der Waals surface area contributed by atoms with E-state index in [2.05, 4.69) is 0 Å². The lowest BCUT2D eigenvalue weighted by atomic mass is 10.1. The first-order valence-corrected chi connectivity index (χ1v) is 10.8. The van der Waals surface area contributed by atoms with Crippen LogP contribution in [0, 0.1) is 0 Å². The number of hydrogen-bond donors (Lipinski definition) is 0. The number of nitrogens with zero attached hydrogens (tertiary/aromatic N) is 1. The summed E-state index contributed by atoms with van der Waals surface area (Å²) < 4.78 is 11.6. The SMILES string of the molecule is CCOc1c(/C=C2/SC(=S)N(c3cccc(SC)c3)C2=O)cccc1OC. The van der Waals surface area contributed by atoms with Gasteiger partial charge in [0.15, 0.2) is 15.8 Å². The third-order valence-corrected chi connectivity index (χ3v) is 5.94. The molecule has 0 bridgehead atoms. The first-order chi connectivity index (χ1) is 13.1. The maximum Gasteiger partial charge on any atom is 0.270 e. The standard InChI is InChI=1S/C20H19NO3S3/c1-4-24-18-13(7-5-10-16(18)23-2)11-17-19(22)21(20(25)27-17)14-8-6-9-15(12-14)26-3/h5-12H,4H2,1-3H3/b17-11+. The fourth-order valence-electron chi connectivity index (χ4n) is 2.69. The number of para-hydroxylation sites is 1. The van der Waals surface area contributed by atoms with Gasteiger partial charge >= 0.3 is 0 Å². The lowest BCUT2D eigenvalue weighted by molar-refractivity contribution is -0.113. The first kappa shape index (κ1) is 19.8. The van der Waals surface area contributed by atoms with Gasteiger partial charge < -0.3 is 9.47 Å². The van der Waals surface area contributed by atoms with Crippen molar-refractivity contribution >= 4 is 57.7 Å². The molecule has 0 aromatic heterocycles. The number of thioether (sulfide) groups is 2. The normalized spacial score (nSPS) is 15.5. The highest BCUT2D eigenvalue weighted by molar-refractivity contribution is 8.27. The minimum atomic E-state index is -0.131. The summed E-state index contributed by atoms with van der Waals surface area (Å²) in [5.74, 6) is 1.12. The molecule has 4 nitrogen and oxygen atoms in total. The Morgan fingerprint density at radius 3 is 2.74 bits per heavy atom. The smallest absolute Gasteiger partial charge is 0.270 e. The minimum Gasteiger partial charge on any atom is -0.493 e. The number of ether oxygens (including phenoxy) is 2. The number of carbonyl (C=O) groups excluding carboxylic acids is 1. The molecule has 2 aromatic carbocycles. The number of hydrogen-bond acceptors (Lipinski definition) is 6. The maximum absolute atomic E-state index is 13.0. The van der Waals surface area contributed by atoms with Crippen molar-refractivity contribution in [1.82, 2.24) is 0 Å². The monoisotopic (exact) mass is 417 g/mol. The highest BCUT2D eigenvalue weighted by atomic mass is 32.2. The molecule has 1 amide bonds. The number of benzene rings is 2. The van der Waals surface area contributed by atoms with Gasteiger partial charge in [-0.3, -0.25) is 9.69 Å². The fourth-order valence-corrected chi connectivity index (χ4v) is 4.43. The molecule has 0 spiro atoms. The molecule has 2 aromatic rings. The Balaban J connectivity index is 1.97. The molecule has 1 saturated heterocycles. The number of rotatable bonds is 6. The largest absolute Gasteiger partial charge is 0.493 e. The Kier molecular flexibility index (Phi) is 6.46. The van der Waals surface area contributed by atoms with Gasteiger partial charge in [0.25, 0.3) is 5.91 Å². The van der Waals surface area contributed by atoms with Crippen molar-refractivity contribution in [3.8, 4) is 11.5 Å². The van der Waals surface area contributed by atoms with Gasteiger partial charge in [-0.15, -0.1) is 11.8 Å². The number of thiocarbonyl (C=S) groups is 1. The van der Waals surface area contributed by atoms with Crippen LogP contribution in [0.15, 0.2) is 52.3 Å². The predicted octanol–water partition coefficient (Wildman–Crippen LogP) is 5.22. The molecule has 0 atom stereocenters. The zero-order valence-electron chi connectivity index (χ0n) is 15.2. The second-order valence-corrected chi connectivity index (χ2v) is 8.09. The van der Waals surface area contributed by atoms with Crippen LogP contribution < -0.4 is 14.4 Å². The first-order valence-electron chi connectivity index (χ1n) is 8.30. The lowest BCUT2D eigenvalue weighted by Gasteiger charge is -2.15. The topological polar surface area (TPSA) is 38.8 Å². The van der Waals surface area contributed by atoms with E-state index < -0.39 is 0 Å². The van der Waals surface area contributed by atoms with E-state index >= 15 is 0 Å². The summed E-state index contributed by atoms with van der Waals surface area (Å²) in [7, 11) is 1.60. The van der Waals surface area contributed by atoms with Crippen molar-refractivity contribution in [3.05, 3.63) is 52.9 Å². The number of carbonyl (C=O) groups is 1. The number of methoxy groups -OCH3 is 1. The molecule has 1 aliphatic rings. The van der Waals surface area contributed by atoms with Crippen LogP contribution in [0.25, 0.3) is 6.08 Å². The molecular weight excluding hydrogens is 398 g/mol. The van der Waals surface area contributed by atoms with Crippen LogP contribution in [0.2, 0.25) is 0 Å². The van der Waals surface area contributed by atoms with Crippen LogP contribution >= 0.6 is 35.7 Å². The zero-order valence-corrected chi connectivity index (χ0v) is 17.7. The summed E-state index contributed by atoms with van der Waals surface area (Å²) in [5, 5.41) is 0. The Bertz CT molecular complexity index is 911. The van der Waals surface area contributed by atoms with Crippen LogP contribution in [0.4, 0.5) is 5.69 Å². The van der Waals surface area contributed by atoms with E-state index in [9.17, 15) is 4.79 Å². The highest BCUT2D eigenvalue weighted by Gasteiger charge is 2.33. The maximum atomic E-state index is 13.0. The fraction of sp³-hybridized carbons (Fsp3) is 0.200. The molecular formula is C20H19NO3S3. The molecule has 140 valence electrons. The van der Waals surface area contributed by atoms with Crippen molar-refractivity contribution < 1.29 is 14.3 Å². The summed E-state index contributed by atoms with van der Waals surface area (Å²) in [6.07, 6.45) is 3.81. The molecule has 0 N–H and O–H groups in total. The zero-order chi connectivity index (χ0) is 19.4. The molecule has 0 radical (unpaired) electrons. The highest BCUT2D eigenvalue weighted by Crippen LogP contribution is 2.39. The average molecular weight is 418 g/mol. The van der Waals surface area contributed by atoms with E-state index in [0.717, 1.165) is 16.1 Å². The molecule has 0 aliphatic carbocycles. The van der Waals surface area contributed by atoms with Crippen molar-refractivity contribution in [2.75, 3.05) is 24.9 Å². The summed E-state index contributed by atoms with van der Waals surface area (Å²) in [6, 6.07) is 13.4. The third-order valence-electron chi connectivity index (χ3n) is 3.91. The molecule has 0 unspecified atom stereocenters. The van der Waals surface area contributed by atoms with Gasteiger partial charge in [-0.25, -0.2) is 0 Å². The third kappa shape index (κ3) is 4.15. The van der Waals surface area contributed by atoms with Crippen LogP contribution in [0.5, 0.6) is 11.5 Å². The Morgan fingerprint density at radius 1 is 1.26 bits per heavy atom. The average Bonchev–Trinajstić information content (AvgIpc) is 2.96. The van der Waals surface area contributed by atoms with Gasteiger partial charge in [0.2, 0.25) is 0 Å². The Hall–Kier alpha value is -1.96. The molecule has 3 rings (SSSR count). The van der Waals surface area contributed by atoms with Gasteiger partial charge in [0.05, 0.1) is 24.3 Å². The van der Waals surface area contributed by atoms with E-state index in [-0.39, 0.29) is 5.91 Å². The molecule has 27 heavy (non-hydrogen) atoms. The van der Waals surface area contributed by atoms with Gasteiger partial charge in [-0.05, 0) is 43.5 Å². The van der Waals surface area contributed by atoms with E-state index in [1.807, 2.05) is 61.7 Å². The van der Waals surface area contributed by atoms with Crippen molar-refractivity contribution in [1.29, 1.82) is 0 Å². The number of anilines is 1. The van der Waals surface area contributed by atoms with Crippen LogP contribution in [-0.2, 0) is 4.79 Å². The van der Waals surface area contributed by atoms with Crippen molar-refractivity contribution in [2.45, 2.75) is 11.8 Å². The van der Waals surface area contributed by atoms with E-state index in [0.29, 0.717) is 27.3 Å². The van der Waals surface area contributed by atoms with Crippen LogP contribution in [-0.4, -0.2) is 30.2 Å². The summed E-state index contributed by atoms with van der Waals surface area (Å²) >= 11 is 8.39. The summed E-state index contributed by atoms with van der Waals surface area (Å²) in [5.41, 5.74) is 1.57. The molecule has 1 heterocycles. The predicted molar refractivity (Wildman–Crippen MR) is 118 cm³/mol. The van der Waals surface area contributed by atoms with Crippen LogP contribution in [0.1, 0.15) is 12.5 Å². The Labute approximate surface area is 172 Å². The van der Waals surface area contributed by atoms with Crippen LogP contribution in [0.3, 0.4) is 0 Å². The molecule has 1 fully saturated rings. The molecule has 1 aliphatic heterocycles. The summed E-state index contributed by atoms with van der Waals surface area (Å²) in [6.45, 7) is 2.41. The minimum absolute atomic E-state index is 0.131. The van der Waals surface area contributed by atoms with Crippen molar-refractivity contribution in [2.24, 2.45) is 0 Å². The van der Waals surface area contributed by atoms with Gasteiger partial charge in [-0.2, -0.15) is 0 Å². The second kappa shape index (κ2) is 8.82. The van der Waals surface area contributed by atoms with E-state index in [4.69, 9.17) is 21.7 Å². The quantitative estimate of drug-likeness (QED) is 0.364. The molecule has 0 saturated carbocycles. The summed E-state index contributed by atoms with van der Waals surface area (Å²) in [4.78, 5) is 16.2. The van der Waals surface area contributed by atoms with Gasteiger partial charge in [0.1, 0.15) is 0 Å². The second-order valence-electron chi connectivity index (χ2n) is 5.53. The Morgan fingerprint density at radius 2 is 2.04 bits per heavy atom. The van der Waals surface area contributed by atoms with E-state index in [1.165, 1.54) is 11.8 Å². The lowest BCUT2D eigenvalue weighted by Crippen LogP contribution is -2.27. The van der Waals surface area contributed by atoms with Gasteiger partial charge in [-0.1, -0.05) is 42.2 Å². The van der Waals surface area contributed by atoms with Crippen molar-refractivity contribution in [3.63, 3.8) is 0 Å². The number of amides is 1.